The van der Waals surface area contributed by atoms with Crippen LogP contribution in [0.3, 0.4) is 0 Å². The molecule has 0 aliphatic carbocycles. The summed E-state index contributed by atoms with van der Waals surface area (Å²) in [4.78, 5) is 16.4. The van der Waals surface area contributed by atoms with Crippen LogP contribution in [0.15, 0.2) is 42.5 Å². The predicted molar refractivity (Wildman–Crippen MR) is 112 cm³/mol. The number of hydrogen-bond donors (Lipinski definition) is 1. The molecule has 1 aliphatic heterocycles. The van der Waals surface area contributed by atoms with Crippen molar-refractivity contribution >= 4 is 23.3 Å². The number of urea groups is 1. The van der Waals surface area contributed by atoms with Crippen LogP contribution in [0.1, 0.15) is 18.4 Å². The van der Waals surface area contributed by atoms with E-state index in [0.717, 1.165) is 56.1 Å². The molecular weight excluding hydrogens is 396 g/mol. The highest BCUT2D eigenvalue weighted by atomic mass is 35.5. The molecule has 156 valence electrons. The number of halogens is 3. The molecule has 1 N–H and O–H groups in total. The molecule has 1 aliphatic rings. The van der Waals surface area contributed by atoms with Gasteiger partial charge in [-0.15, -0.1) is 0 Å². The highest BCUT2D eigenvalue weighted by Crippen LogP contribution is 2.20. The number of carbonyl (C=O) groups excluding carboxylic acids is 1. The lowest BCUT2D eigenvalue weighted by Crippen LogP contribution is -2.43. The van der Waals surface area contributed by atoms with E-state index in [1.165, 1.54) is 11.6 Å². The van der Waals surface area contributed by atoms with E-state index >= 15 is 0 Å². The van der Waals surface area contributed by atoms with Crippen molar-refractivity contribution in [1.82, 2.24) is 9.80 Å². The molecular formula is C22H26ClF2N3O. The van der Waals surface area contributed by atoms with Crippen molar-refractivity contribution in [3.8, 4) is 0 Å². The van der Waals surface area contributed by atoms with E-state index in [1.807, 2.05) is 12.1 Å². The first-order chi connectivity index (χ1) is 13.9. The summed E-state index contributed by atoms with van der Waals surface area (Å²) in [5.74, 6) is -1.09. The predicted octanol–water partition coefficient (Wildman–Crippen LogP) is 5.04. The van der Waals surface area contributed by atoms with Crippen LogP contribution in [0.4, 0.5) is 19.3 Å². The fourth-order valence-corrected chi connectivity index (χ4v) is 3.84. The van der Waals surface area contributed by atoms with Crippen LogP contribution < -0.4 is 5.32 Å². The van der Waals surface area contributed by atoms with Crippen molar-refractivity contribution in [2.75, 3.05) is 38.5 Å². The minimum Gasteiger partial charge on any atom is -0.327 e. The van der Waals surface area contributed by atoms with Crippen LogP contribution in [0, 0.1) is 17.6 Å². The third-order valence-electron chi connectivity index (χ3n) is 5.28. The molecule has 0 radical (unpaired) electrons. The van der Waals surface area contributed by atoms with Crippen LogP contribution in [-0.2, 0) is 6.42 Å². The first-order valence-corrected chi connectivity index (χ1v) is 10.2. The summed E-state index contributed by atoms with van der Waals surface area (Å²) < 4.78 is 26.7. The zero-order valence-electron chi connectivity index (χ0n) is 16.5. The molecule has 0 unspecified atom stereocenters. The van der Waals surface area contributed by atoms with Gasteiger partial charge in [0, 0.05) is 37.8 Å². The zero-order valence-corrected chi connectivity index (χ0v) is 17.3. The van der Waals surface area contributed by atoms with E-state index in [2.05, 4.69) is 22.3 Å². The normalized spacial score (nSPS) is 17.2. The number of carbonyl (C=O) groups is 1. The zero-order chi connectivity index (χ0) is 20.8. The molecule has 29 heavy (non-hydrogen) atoms. The van der Waals surface area contributed by atoms with Gasteiger partial charge in [-0.2, -0.15) is 0 Å². The Morgan fingerprint density at radius 2 is 2.00 bits per heavy atom. The number of nitrogens with one attached hydrogen (secondary N) is 1. The van der Waals surface area contributed by atoms with Gasteiger partial charge in [0.2, 0.25) is 0 Å². The topological polar surface area (TPSA) is 35.6 Å². The number of piperidine rings is 1. The van der Waals surface area contributed by atoms with E-state index in [-0.39, 0.29) is 5.69 Å². The largest absolute Gasteiger partial charge is 0.327 e. The second-order valence-corrected chi connectivity index (χ2v) is 8.06. The lowest BCUT2D eigenvalue weighted by atomic mass is 9.97. The van der Waals surface area contributed by atoms with Gasteiger partial charge in [-0.25, -0.2) is 13.6 Å². The van der Waals surface area contributed by atoms with E-state index in [0.29, 0.717) is 12.5 Å². The summed E-state index contributed by atoms with van der Waals surface area (Å²) >= 11 is 5.94. The van der Waals surface area contributed by atoms with Crippen molar-refractivity contribution in [3.05, 3.63) is 64.7 Å². The fraction of sp³-hybridized carbons (Fsp3) is 0.409. The Morgan fingerprint density at radius 3 is 2.72 bits per heavy atom. The van der Waals surface area contributed by atoms with Crippen LogP contribution in [0.5, 0.6) is 0 Å². The SMILES string of the molecule is CN(C[C@H]1CCCN(CCc2ccc(Cl)cc2)C1)C(=O)Nc1ccc(F)cc1F. The second-order valence-electron chi connectivity index (χ2n) is 7.62. The van der Waals surface area contributed by atoms with Gasteiger partial charge in [-0.1, -0.05) is 23.7 Å². The second kappa shape index (κ2) is 10.0. The summed E-state index contributed by atoms with van der Waals surface area (Å²) in [5, 5.41) is 3.25. The summed E-state index contributed by atoms with van der Waals surface area (Å²) in [6, 6.07) is 10.6. The maximum Gasteiger partial charge on any atom is 0.321 e. The van der Waals surface area contributed by atoms with Crippen molar-refractivity contribution in [3.63, 3.8) is 0 Å². The van der Waals surface area contributed by atoms with E-state index in [4.69, 9.17) is 11.6 Å². The summed E-state index contributed by atoms with van der Waals surface area (Å²) in [6.07, 6.45) is 3.11. The molecule has 1 fully saturated rings. The van der Waals surface area contributed by atoms with Crippen LogP contribution in [0.2, 0.25) is 5.02 Å². The van der Waals surface area contributed by atoms with Crippen LogP contribution in [0.25, 0.3) is 0 Å². The maximum atomic E-state index is 13.7. The van der Waals surface area contributed by atoms with Crippen molar-refractivity contribution in [1.29, 1.82) is 0 Å². The summed E-state index contributed by atoms with van der Waals surface area (Å²) in [5.41, 5.74) is 1.24. The molecule has 0 saturated carbocycles. The van der Waals surface area contributed by atoms with Gasteiger partial charge in [0.25, 0.3) is 0 Å². The molecule has 0 bridgehead atoms. The Hall–Kier alpha value is -2.18. The van der Waals surface area contributed by atoms with Gasteiger partial charge in [0.05, 0.1) is 5.69 Å². The van der Waals surface area contributed by atoms with E-state index < -0.39 is 17.7 Å². The molecule has 1 atom stereocenters. The lowest BCUT2D eigenvalue weighted by Gasteiger charge is -2.34. The number of likely N-dealkylation sites (tertiary alicyclic amines) is 1. The molecule has 1 heterocycles. The number of hydrogen-bond acceptors (Lipinski definition) is 2. The molecule has 0 spiro atoms. The van der Waals surface area contributed by atoms with E-state index in [9.17, 15) is 13.6 Å². The minimum absolute atomic E-state index is 0.0171. The minimum atomic E-state index is -0.780. The standard InChI is InChI=1S/C22H26ClF2N3O/c1-27(22(29)26-21-9-8-19(24)13-20(21)25)14-17-3-2-11-28(15-17)12-10-16-4-6-18(23)7-5-16/h4-9,13,17H,2-3,10-12,14-15H2,1H3,(H,26,29)/t17-/m1/s1. The highest BCUT2D eigenvalue weighted by Gasteiger charge is 2.23. The van der Waals surface area contributed by atoms with Gasteiger partial charge in [-0.3, -0.25) is 0 Å². The first-order valence-electron chi connectivity index (χ1n) is 9.84. The van der Waals surface area contributed by atoms with Gasteiger partial charge >= 0.3 is 6.03 Å². The molecule has 2 amide bonds. The Balaban J connectivity index is 1.47. The molecule has 2 aromatic rings. The third kappa shape index (κ3) is 6.41. The Bertz CT molecular complexity index is 831. The molecule has 0 aromatic heterocycles. The monoisotopic (exact) mass is 421 g/mol. The van der Waals surface area contributed by atoms with Crippen molar-refractivity contribution in [2.45, 2.75) is 19.3 Å². The van der Waals surface area contributed by atoms with Gasteiger partial charge < -0.3 is 15.1 Å². The molecule has 1 saturated heterocycles. The van der Waals surface area contributed by atoms with Gasteiger partial charge in [0.1, 0.15) is 11.6 Å². The number of anilines is 1. The quantitative estimate of drug-likeness (QED) is 0.709. The number of amides is 2. The third-order valence-corrected chi connectivity index (χ3v) is 5.54. The molecule has 7 heteroatoms. The molecule has 2 aromatic carbocycles. The average Bonchev–Trinajstić information content (AvgIpc) is 2.70. The average molecular weight is 422 g/mol. The summed E-state index contributed by atoms with van der Waals surface area (Å²) in [7, 11) is 1.70. The Morgan fingerprint density at radius 1 is 1.24 bits per heavy atom. The van der Waals surface area contributed by atoms with Crippen LogP contribution >= 0.6 is 11.6 Å². The highest BCUT2D eigenvalue weighted by molar-refractivity contribution is 6.30. The number of benzene rings is 2. The van der Waals surface area contributed by atoms with Gasteiger partial charge in [-0.05, 0) is 61.6 Å². The smallest absolute Gasteiger partial charge is 0.321 e. The Labute approximate surface area is 175 Å². The summed E-state index contributed by atoms with van der Waals surface area (Å²) in [6.45, 7) is 3.54. The van der Waals surface area contributed by atoms with Gasteiger partial charge in [0.15, 0.2) is 0 Å². The molecule has 3 rings (SSSR count). The van der Waals surface area contributed by atoms with Crippen molar-refractivity contribution < 1.29 is 13.6 Å². The number of rotatable bonds is 6. The van der Waals surface area contributed by atoms with E-state index in [1.54, 1.807) is 11.9 Å². The fourth-order valence-electron chi connectivity index (χ4n) is 3.71. The number of nitrogens with zero attached hydrogens (tertiary/aromatic N) is 2. The first kappa shape index (κ1) is 21.5. The Kier molecular flexibility index (Phi) is 7.45. The maximum absolute atomic E-state index is 13.7. The molecule has 4 nitrogen and oxygen atoms in total. The van der Waals surface area contributed by atoms with Crippen molar-refractivity contribution in [2.24, 2.45) is 5.92 Å². The lowest BCUT2D eigenvalue weighted by molar-refractivity contribution is 0.150. The van der Waals surface area contributed by atoms with Crippen LogP contribution in [-0.4, -0.2) is 49.1 Å².